The number of benzene rings is 1. The van der Waals surface area contributed by atoms with E-state index in [1.165, 1.54) is 6.07 Å². The molecule has 1 amide bonds. The van der Waals surface area contributed by atoms with Crippen LogP contribution in [-0.4, -0.2) is 29.3 Å². The number of carbonyl (C=O) groups excluding carboxylic acids is 1. The van der Waals surface area contributed by atoms with E-state index in [1.807, 2.05) is 20.8 Å². The maximum absolute atomic E-state index is 12.5. The number of hydrogen-bond donors (Lipinski definition) is 3. The van der Waals surface area contributed by atoms with Crippen molar-refractivity contribution in [3.05, 3.63) is 22.7 Å². The second-order valence-electron chi connectivity index (χ2n) is 5.96. The van der Waals surface area contributed by atoms with Gasteiger partial charge in [-0.3, -0.25) is 4.79 Å². The van der Waals surface area contributed by atoms with Crippen LogP contribution in [0.4, 0.5) is 5.69 Å². The molecular formula is C15H21BrN2O3. The number of hydrogen-bond acceptors (Lipinski definition) is 4. The van der Waals surface area contributed by atoms with Gasteiger partial charge >= 0.3 is 0 Å². The highest BCUT2D eigenvalue weighted by atomic mass is 79.9. The molecule has 1 aliphatic carbocycles. The van der Waals surface area contributed by atoms with E-state index in [0.29, 0.717) is 18.7 Å². The molecule has 0 aliphatic heterocycles. The first kappa shape index (κ1) is 16.3. The number of aromatic hydroxyl groups is 1. The lowest BCUT2D eigenvalue weighted by atomic mass is 9.54. The summed E-state index contributed by atoms with van der Waals surface area (Å²) < 4.78 is 6.38. The number of nitrogens with two attached hydrogens (primary N) is 1. The van der Waals surface area contributed by atoms with Crippen LogP contribution in [0, 0.1) is 5.41 Å². The van der Waals surface area contributed by atoms with Gasteiger partial charge in [0.2, 0.25) is 5.91 Å². The number of ether oxygens (including phenoxy) is 1. The smallest absolute Gasteiger partial charge is 0.245 e. The maximum Gasteiger partial charge on any atom is 0.245 e. The van der Waals surface area contributed by atoms with Crippen LogP contribution in [-0.2, 0) is 9.53 Å². The van der Waals surface area contributed by atoms with Crippen molar-refractivity contribution in [1.29, 1.82) is 0 Å². The molecule has 1 aromatic rings. The number of anilines is 1. The number of carbonyl (C=O) groups is 1. The van der Waals surface area contributed by atoms with Crippen LogP contribution in [0.5, 0.6) is 5.75 Å². The average Bonchev–Trinajstić information content (AvgIpc) is 2.42. The van der Waals surface area contributed by atoms with Gasteiger partial charge in [-0.25, -0.2) is 0 Å². The SMILES string of the molecule is CCOC1CC(N)(C(=O)Nc2cc(Br)ccc2O)C1(C)C. The number of amides is 1. The molecule has 2 atom stereocenters. The van der Waals surface area contributed by atoms with Gasteiger partial charge in [-0.15, -0.1) is 0 Å². The predicted octanol–water partition coefficient (Wildman–Crippen LogP) is 2.63. The number of nitrogens with one attached hydrogen (secondary N) is 1. The average molecular weight is 357 g/mol. The molecule has 0 heterocycles. The molecular weight excluding hydrogens is 336 g/mol. The van der Waals surface area contributed by atoms with Gasteiger partial charge in [0.1, 0.15) is 11.3 Å². The summed E-state index contributed by atoms with van der Waals surface area (Å²) in [4.78, 5) is 12.5. The van der Waals surface area contributed by atoms with Gasteiger partial charge in [-0.05, 0) is 25.1 Å². The van der Waals surface area contributed by atoms with Gasteiger partial charge in [-0.1, -0.05) is 29.8 Å². The van der Waals surface area contributed by atoms with Crippen LogP contribution in [0.3, 0.4) is 0 Å². The molecule has 4 N–H and O–H groups in total. The lowest BCUT2D eigenvalue weighted by Gasteiger charge is -2.57. The van der Waals surface area contributed by atoms with Gasteiger partial charge in [0, 0.05) is 22.9 Å². The van der Waals surface area contributed by atoms with E-state index in [9.17, 15) is 9.90 Å². The maximum atomic E-state index is 12.5. The standard InChI is InChI=1S/C15H21BrN2O3/c1-4-21-12-8-15(17,14(12,2)3)13(20)18-10-7-9(16)5-6-11(10)19/h5-7,12,19H,4,8,17H2,1-3H3,(H,18,20). The summed E-state index contributed by atoms with van der Waals surface area (Å²) in [6.45, 7) is 6.37. The third-order valence-electron chi connectivity index (χ3n) is 4.44. The number of phenols is 1. The summed E-state index contributed by atoms with van der Waals surface area (Å²) in [5, 5.41) is 12.5. The number of phenolic OH excluding ortho intramolecular Hbond substituents is 1. The van der Waals surface area contributed by atoms with Crippen molar-refractivity contribution in [3.63, 3.8) is 0 Å². The largest absolute Gasteiger partial charge is 0.506 e. The van der Waals surface area contributed by atoms with Gasteiger partial charge in [0.15, 0.2) is 0 Å². The highest BCUT2D eigenvalue weighted by Crippen LogP contribution is 2.50. The Labute approximate surface area is 133 Å². The zero-order valence-electron chi connectivity index (χ0n) is 12.4. The molecule has 6 heteroatoms. The minimum absolute atomic E-state index is 0.00800. The van der Waals surface area contributed by atoms with E-state index < -0.39 is 11.0 Å². The van der Waals surface area contributed by atoms with Crippen molar-refractivity contribution in [1.82, 2.24) is 0 Å². The molecule has 1 fully saturated rings. The molecule has 0 aromatic heterocycles. The minimum atomic E-state index is -1.01. The molecule has 0 spiro atoms. The third-order valence-corrected chi connectivity index (χ3v) is 4.94. The van der Waals surface area contributed by atoms with Gasteiger partial charge in [0.05, 0.1) is 11.8 Å². The summed E-state index contributed by atoms with van der Waals surface area (Å²) in [6.07, 6.45) is 0.434. The van der Waals surface area contributed by atoms with Crippen LogP contribution >= 0.6 is 15.9 Å². The van der Waals surface area contributed by atoms with Gasteiger partial charge in [0.25, 0.3) is 0 Å². The van der Waals surface area contributed by atoms with Gasteiger partial charge in [-0.2, -0.15) is 0 Å². The first-order valence-electron chi connectivity index (χ1n) is 6.93. The monoisotopic (exact) mass is 356 g/mol. The first-order valence-corrected chi connectivity index (χ1v) is 7.72. The molecule has 2 rings (SSSR count). The van der Waals surface area contributed by atoms with E-state index in [0.717, 1.165) is 4.47 Å². The summed E-state index contributed by atoms with van der Waals surface area (Å²) in [5.74, 6) is -0.300. The van der Waals surface area contributed by atoms with E-state index in [-0.39, 0.29) is 17.8 Å². The lowest BCUT2D eigenvalue weighted by Crippen LogP contribution is -2.74. The van der Waals surface area contributed by atoms with Crippen LogP contribution in [0.1, 0.15) is 27.2 Å². The quantitative estimate of drug-likeness (QED) is 0.724. The van der Waals surface area contributed by atoms with Crippen molar-refractivity contribution >= 4 is 27.5 Å². The Morgan fingerprint density at radius 2 is 2.24 bits per heavy atom. The Balaban J connectivity index is 2.16. The first-order chi connectivity index (χ1) is 9.72. The van der Waals surface area contributed by atoms with Crippen LogP contribution < -0.4 is 11.1 Å². The Morgan fingerprint density at radius 1 is 1.57 bits per heavy atom. The lowest BCUT2D eigenvalue weighted by molar-refractivity contribution is -0.166. The van der Waals surface area contributed by atoms with Crippen LogP contribution in [0.25, 0.3) is 0 Å². The van der Waals surface area contributed by atoms with E-state index in [4.69, 9.17) is 10.5 Å². The fraction of sp³-hybridized carbons (Fsp3) is 0.533. The van der Waals surface area contributed by atoms with E-state index >= 15 is 0 Å². The number of rotatable bonds is 4. The molecule has 0 saturated heterocycles. The molecule has 21 heavy (non-hydrogen) atoms. The zero-order valence-corrected chi connectivity index (χ0v) is 14.0. The van der Waals surface area contributed by atoms with Crippen molar-refractivity contribution in [2.24, 2.45) is 11.1 Å². The molecule has 1 aromatic carbocycles. The summed E-state index contributed by atoms with van der Waals surface area (Å²) >= 11 is 3.31. The molecule has 1 saturated carbocycles. The van der Waals surface area contributed by atoms with Crippen molar-refractivity contribution in [2.75, 3.05) is 11.9 Å². The number of halogens is 1. The second-order valence-corrected chi connectivity index (χ2v) is 6.87. The van der Waals surface area contributed by atoms with Gasteiger partial charge < -0.3 is 20.9 Å². The molecule has 0 radical (unpaired) electrons. The molecule has 116 valence electrons. The fourth-order valence-corrected chi connectivity index (χ4v) is 3.02. The van der Waals surface area contributed by atoms with Crippen LogP contribution in [0.2, 0.25) is 0 Å². The van der Waals surface area contributed by atoms with Crippen molar-refractivity contribution in [2.45, 2.75) is 38.8 Å². The fourth-order valence-electron chi connectivity index (χ4n) is 2.66. The highest BCUT2D eigenvalue weighted by molar-refractivity contribution is 9.10. The van der Waals surface area contributed by atoms with E-state index in [1.54, 1.807) is 12.1 Å². The van der Waals surface area contributed by atoms with Crippen molar-refractivity contribution in [3.8, 4) is 5.75 Å². The Kier molecular flexibility index (Phi) is 4.33. The zero-order chi connectivity index (χ0) is 15.8. The highest BCUT2D eigenvalue weighted by Gasteiger charge is 2.62. The predicted molar refractivity (Wildman–Crippen MR) is 85.2 cm³/mol. The van der Waals surface area contributed by atoms with E-state index in [2.05, 4.69) is 21.2 Å². The normalized spacial score (nSPS) is 27.0. The van der Waals surface area contributed by atoms with Crippen LogP contribution in [0.15, 0.2) is 22.7 Å². The molecule has 2 unspecified atom stereocenters. The minimum Gasteiger partial charge on any atom is -0.506 e. The Morgan fingerprint density at radius 3 is 2.81 bits per heavy atom. The van der Waals surface area contributed by atoms with Crippen molar-refractivity contribution < 1.29 is 14.6 Å². The molecule has 0 bridgehead atoms. The Hall–Kier alpha value is -1.11. The second kappa shape index (κ2) is 5.59. The third kappa shape index (κ3) is 2.67. The summed E-state index contributed by atoms with van der Waals surface area (Å²) in [7, 11) is 0. The molecule has 5 nitrogen and oxygen atoms in total. The summed E-state index contributed by atoms with van der Waals surface area (Å²) in [5.41, 5.74) is 5.16. The summed E-state index contributed by atoms with van der Waals surface area (Å²) in [6, 6.07) is 4.85. The molecule has 1 aliphatic rings. The topological polar surface area (TPSA) is 84.6 Å². The Bertz CT molecular complexity index is 562.